The zero-order valence-corrected chi connectivity index (χ0v) is 8.21. The Morgan fingerprint density at radius 1 is 1.13 bits per heavy atom. The van der Waals surface area contributed by atoms with Crippen LogP contribution in [0.15, 0.2) is 36.7 Å². The van der Waals surface area contributed by atoms with Crippen molar-refractivity contribution >= 4 is 11.6 Å². The van der Waals surface area contributed by atoms with E-state index < -0.39 is 0 Å². The predicted molar refractivity (Wildman–Crippen MR) is 56.1 cm³/mol. The lowest BCUT2D eigenvalue weighted by molar-refractivity contribution is 0.415. The Morgan fingerprint density at radius 3 is 2.53 bits per heavy atom. The van der Waals surface area contributed by atoms with Crippen molar-refractivity contribution in [3.05, 3.63) is 36.7 Å². The lowest BCUT2D eigenvalue weighted by Gasteiger charge is -2.04. The highest BCUT2D eigenvalue weighted by atomic mass is 16.5. The van der Waals surface area contributed by atoms with E-state index in [9.17, 15) is 0 Å². The summed E-state index contributed by atoms with van der Waals surface area (Å²) in [5.74, 6) is 1.29. The third-order valence-corrected chi connectivity index (χ3v) is 1.83. The Balaban J connectivity index is 2.11. The van der Waals surface area contributed by atoms with Crippen molar-refractivity contribution in [2.24, 2.45) is 0 Å². The minimum absolute atomic E-state index is 0.475. The molecule has 0 fully saturated rings. The smallest absolute Gasteiger partial charge is 0.247 e. The normalized spacial score (nSPS) is 9.67. The molecule has 5 heteroatoms. The van der Waals surface area contributed by atoms with E-state index in [-0.39, 0.29) is 0 Å². The summed E-state index contributed by atoms with van der Waals surface area (Å²) in [6.07, 6.45) is 3.11. The van der Waals surface area contributed by atoms with Crippen molar-refractivity contribution in [2.75, 3.05) is 12.4 Å². The van der Waals surface area contributed by atoms with Gasteiger partial charge in [-0.15, -0.1) is 5.10 Å². The summed E-state index contributed by atoms with van der Waals surface area (Å²) >= 11 is 0. The highest BCUT2D eigenvalue weighted by Gasteiger charge is 1.96. The Morgan fingerprint density at radius 2 is 1.93 bits per heavy atom. The molecule has 2 rings (SSSR count). The second-order valence-electron chi connectivity index (χ2n) is 2.82. The second kappa shape index (κ2) is 4.36. The van der Waals surface area contributed by atoms with Crippen molar-refractivity contribution in [3.8, 4) is 5.75 Å². The fraction of sp³-hybridized carbons (Fsp3) is 0.100. The van der Waals surface area contributed by atoms with Gasteiger partial charge < -0.3 is 10.1 Å². The summed E-state index contributed by atoms with van der Waals surface area (Å²) < 4.78 is 5.05. The molecule has 1 heterocycles. The molecule has 0 aliphatic heterocycles. The molecule has 0 atom stereocenters. The van der Waals surface area contributed by atoms with Crippen LogP contribution in [0.5, 0.6) is 5.75 Å². The Kier molecular flexibility index (Phi) is 2.73. The van der Waals surface area contributed by atoms with Gasteiger partial charge >= 0.3 is 0 Å². The van der Waals surface area contributed by atoms with Crippen LogP contribution >= 0.6 is 0 Å². The average molecular weight is 202 g/mol. The molecule has 0 bridgehead atoms. The lowest BCUT2D eigenvalue weighted by atomic mass is 10.3. The van der Waals surface area contributed by atoms with Gasteiger partial charge in [0.15, 0.2) is 0 Å². The molecule has 0 aliphatic carbocycles. The predicted octanol–water partition coefficient (Wildman–Crippen LogP) is 1.62. The Bertz CT molecular complexity index is 415. The lowest BCUT2D eigenvalue weighted by Crippen LogP contribution is -1.97. The highest BCUT2D eigenvalue weighted by molar-refractivity contribution is 5.53. The molecule has 0 aliphatic rings. The number of hydrogen-bond donors (Lipinski definition) is 1. The fourth-order valence-corrected chi connectivity index (χ4v) is 1.11. The van der Waals surface area contributed by atoms with Crippen LogP contribution in [0.25, 0.3) is 0 Å². The number of rotatable bonds is 3. The quantitative estimate of drug-likeness (QED) is 0.819. The molecule has 0 unspecified atom stereocenters. The molecule has 1 aromatic heterocycles. The molecular weight excluding hydrogens is 192 g/mol. The van der Waals surface area contributed by atoms with Crippen molar-refractivity contribution < 1.29 is 4.74 Å². The van der Waals surface area contributed by atoms with Gasteiger partial charge in [-0.2, -0.15) is 5.10 Å². The summed E-state index contributed by atoms with van der Waals surface area (Å²) in [6, 6.07) is 7.49. The molecule has 0 amide bonds. The van der Waals surface area contributed by atoms with Crippen molar-refractivity contribution in [2.45, 2.75) is 0 Å². The van der Waals surface area contributed by atoms with Crippen molar-refractivity contribution in [3.63, 3.8) is 0 Å². The number of ether oxygens (including phenoxy) is 1. The van der Waals surface area contributed by atoms with Crippen molar-refractivity contribution in [1.82, 2.24) is 15.2 Å². The van der Waals surface area contributed by atoms with Gasteiger partial charge in [0, 0.05) is 5.69 Å². The third-order valence-electron chi connectivity index (χ3n) is 1.83. The van der Waals surface area contributed by atoms with Gasteiger partial charge in [0.25, 0.3) is 0 Å². The number of nitrogens with one attached hydrogen (secondary N) is 1. The fourth-order valence-electron chi connectivity index (χ4n) is 1.11. The summed E-state index contributed by atoms with van der Waals surface area (Å²) in [6.45, 7) is 0. The topological polar surface area (TPSA) is 59.9 Å². The number of aromatic nitrogens is 3. The molecule has 0 saturated heterocycles. The molecule has 0 saturated carbocycles. The number of anilines is 2. The van der Waals surface area contributed by atoms with E-state index in [1.165, 1.54) is 6.20 Å². The summed E-state index contributed by atoms with van der Waals surface area (Å²) in [5, 5.41) is 10.5. The molecule has 15 heavy (non-hydrogen) atoms. The molecule has 1 aromatic carbocycles. The monoisotopic (exact) mass is 202 g/mol. The van der Waals surface area contributed by atoms with Crippen LogP contribution in [0, 0.1) is 0 Å². The molecule has 0 spiro atoms. The first-order chi connectivity index (χ1) is 7.38. The first kappa shape index (κ1) is 9.39. The zero-order chi connectivity index (χ0) is 10.5. The highest BCUT2D eigenvalue weighted by Crippen LogP contribution is 2.16. The maximum absolute atomic E-state index is 5.05. The summed E-state index contributed by atoms with van der Waals surface area (Å²) in [7, 11) is 1.63. The number of benzene rings is 1. The number of hydrogen-bond acceptors (Lipinski definition) is 5. The van der Waals surface area contributed by atoms with Crippen LogP contribution in [0.3, 0.4) is 0 Å². The molecule has 76 valence electrons. The van der Waals surface area contributed by atoms with Gasteiger partial charge in [0.2, 0.25) is 5.95 Å². The average Bonchev–Trinajstić information content (AvgIpc) is 2.31. The minimum atomic E-state index is 0.475. The standard InChI is InChI=1S/C10H10N4O/c1-15-9-4-2-8(3-5-9)13-10-11-6-7-12-14-10/h2-7H,1H3,(H,11,13,14). The van der Waals surface area contributed by atoms with E-state index in [0.29, 0.717) is 5.95 Å². The zero-order valence-electron chi connectivity index (χ0n) is 8.21. The molecular formula is C10H10N4O. The van der Waals surface area contributed by atoms with Gasteiger partial charge in [-0.1, -0.05) is 0 Å². The first-order valence-electron chi connectivity index (χ1n) is 4.43. The van der Waals surface area contributed by atoms with Crippen LogP contribution < -0.4 is 10.1 Å². The minimum Gasteiger partial charge on any atom is -0.497 e. The van der Waals surface area contributed by atoms with Gasteiger partial charge in [-0.05, 0) is 24.3 Å². The van der Waals surface area contributed by atoms with Crippen LogP contribution in [0.1, 0.15) is 0 Å². The van der Waals surface area contributed by atoms with Crippen LogP contribution in [0.4, 0.5) is 11.6 Å². The molecule has 1 N–H and O–H groups in total. The van der Waals surface area contributed by atoms with Crippen molar-refractivity contribution in [1.29, 1.82) is 0 Å². The van der Waals surface area contributed by atoms with E-state index in [1.807, 2.05) is 24.3 Å². The van der Waals surface area contributed by atoms with E-state index in [2.05, 4.69) is 20.5 Å². The number of nitrogens with zero attached hydrogens (tertiary/aromatic N) is 3. The van der Waals surface area contributed by atoms with Crippen LogP contribution in [-0.2, 0) is 0 Å². The van der Waals surface area contributed by atoms with E-state index in [0.717, 1.165) is 11.4 Å². The largest absolute Gasteiger partial charge is 0.497 e. The maximum atomic E-state index is 5.05. The Labute approximate surface area is 87.1 Å². The first-order valence-corrected chi connectivity index (χ1v) is 4.43. The molecule has 0 radical (unpaired) electrons. The van der Waals surface area contributed by atoms with E-state index in [4.69, 9.17) is 4.74 Å². The van der Waals surface area contributed by atoms with Gasteiger partial charge in [0.1, 0.15) is 5.75 Å². The van der Waals surface area contributed by atoms with Gasteiger partial charge in [-0.3, -0.25) is 0 Å². The SMILES string of the molecule is COc1ccc(Nc2nccnn2)cc1. The van der Waals surface area contributed by atoms with Gasteiger partial charge in [-0.25, -0.2) is 4.98 Å². The van der Waals surface area contributed by atoms with Crippen LogP contribution in [-0.4, -0.2) is 22.3 Å². The number of methoxy groups -OCH3 is 1. The summed E-state index contributed by atoms with van der Waals surface area (Å²) in [4.78, 5) is 4.00. The van der Waals surface area contributed by atoms with E-state index in [1.54, 1.807) is 13.3 Å². The van der Waals surface area contributed by atoms with Gasteiger partial charge in [0.05, 0.1) is 19.5 Å². The second-order valence-corrected chi connectivity index (χ2v) is 2.82. The molecule has 2 aromatic rings. The Hall–Kier alpha value is -2.17. The van der Waals surface area contributed by atoms with Crippen LogP contribution in [0.2, 0.25) is 0 Å². The maximum Gasteiger partial charge on any atom is 0.247 e. The summed E-state index contributed by atoms with van der Waals surface area (Å²) in [5.41, 5.74) is 0.892. The molecule has 5 nitrogen and oxygen atoms in total. The van der Waals surface area contributed by atoms with E-state index >= 15 is 0 Å². The third kappa shape index (κ3) is 2.40.